The van der Waals surface area contributed by atoms with Gasteiger partial charge in [-0.3, -0.25) is 9.78 Å². The maximum atomic E-state index is 11.3. The molecule has 2 rings (SSSR count). The van der Waals surface area contributed by atoms with Crippen molar-refractivity contribution in [1.29, 1.82) is 0 Å². The second kappa shape index (κ2) is 4.34. The minimum Gasteiger partial charge on any atom is -0.477 e. The van der Waals surface area contributed by atoms with Crippen LogP contribution in [0.1, 0.15) is 29.8 Å². The van der Waals surface area contributed by atoms with Gasteiger partial charge >= 0.3 is 5.97 Å². The Morgan fingerprint density at radius 1 is 1.38 bits per heavy atom. The number of hydrogen-bond acceptors (Lipinski definition) is 4. The first-order valence-electron chi connectivity index (χ1n) is 5.26. The molecule has 1 aliphatic heterocycles. The van der Waals surface area contributed by atoms with Gasteiger partial charge in [-0.15, -0.1) is 0 Å². The monoisotopic (exact) mass is 223 g/mol. The van der Waals surface area contributed by atoms with Crippen molar-refractivity contribution in [3.63, 3.8) is 0 Å². The van der Waals surface area contributed by atoms with E-state index in [1.165, 1.54) is 6.42 Å². The molecule has 1 fully saturated rings. The van der Waals surface area contributed by atoms with Gasteiger partial charge in [-0.2, -0.15) is 0 Å². The van der Waals surface area contributed by atoms with Crippen LogP contribution < -0.4 is 10.5 Å². The number of carbonyl (C=O) groups is 1. The summed E-state index contributed by atoms with van der Waals surface area (Å²) in [5.74, 6) is -0.811. The van der Waals surface area contributed by atoms with Crippen LogP contribution in [0.15, 0.2) is 10.9 Å². The average Bonchev–Trinajstić information content (AvgIpc) is 2.29. The lowest BCUT2D eigenvalue weighted by Gasteiger charge is -2.26. The number of carboxylic acids is 1. The van der Waals surface area contributed by atoms with Crippen molar-refractivity contribution >= 4 is 11.9 Å². The molecule has 0 aliphatic carbocycles. The molecule has 2 N–H and O–H groups in total. The molecule has 0 unspecified atom stereocenters. The van der Waals surface area contributed by atoms with E-state index in [2.05, 4.69) is 9.97 Å². The number of H-pyrrole nitrogens is 1. The van der Waals surface area contributed by atoms with Gasteiger partial charge in [0.25, 0.3) is 5.56 Å². The number of anilines is 1. The zero-order chi connectivity index (χ0) is 11.5. The average molecular weight is 223 g/mol. The Hall–Kier alpha value is -1.85. The van der Waals surface area contributed by atoms with Crippen LogP contribution in [0.4, 0.5) is 5.95 Å². The first-order valence-corrected chi connectivity index (χ1v) is 5.26. The fourth-order valence-electron chi connectivity index (χ4n) is 1.81. The highest BCUT2D eigenvalue weighted by atomic mass is 16.4. The topological polar surface area (TPSA) is 86.3 Å². The molecule has 86 valence electrons. The molecule has 0 radical (unpaired) electrons. The number of aromatic amines is 1. The summed E-state index contributed by atoms with van der Waals surface area (Å²) >= 11 is 0. The Morgan fingerprint density at radius 3 is 2.69 bits per heavy atom. The highest BCUT2D eigenvalue weighted by molar-refractivity contribution is 5.85. The van der Waals surface area contributed by atoms with E-state index in [-0.39, 0.29) is 5.69 Å². The molecule has 0 saturated carbocycles. The van der Waals surface area contributed by atoms with Crippen molar-refractivity contribution in [3.8, 4) is 0 Å². The maximum Gasteiger partial charge on any atom is 0.354 e. The smallest absolute Gasteiger partial charge is 0.354 e. The Kier molecular flexibility index (Phi) is 2.89. The Balaban J connectivity index is 2.32. The van der Waals surface area contributed by atoms with Crippen LogP contribution >= 0.6 is 0 Å². The Labute approximate surface area is 91.9 Å². The fourth-order valence-corrected chi connectivity index (χ4v) is 1.81. The van der Waals surface area contributed by atoms with Gasteiger partial charge in [0.05, 0.1) is 0 Å². The van der Waals surface area contributed by atoms with Gasteiger partial charge in [-0.25, -0.2) is 9.78 Å². The molecule has 0 aromatic carbocycles. The number of rotatable bonds is 2. The highest BCUT2D eigenvalue weighted by Crippen LogP contribution is 2.14. The van der Waals surface area contributed by atoms with E-state index in [4.69, 9.17) is 5.11 Å². The molecule has 1 aromatic heterocycles. The van der Waals surface area contributed by atoms with Crippen molar-refractivity contribution in [2.24, 2.45) is 0 Å². The first kappa shape index (κ1) is 10.7. The summed E-state index contributed by atoms with van der Waals surface area (Å²) in [6.07, 6.45) is 3.25. The summed E-state index contributed by atoms with van der Waals surface area (Å²) in [5.41, 5.74) is -0.628. The summed E-state index contributed by atoms with van der Waals surface area (Å²) < 4.78 is 0. The van der Waals surface area contributed by atoms with Crippen molar-refractivity contribution < 1.29 is 9.90 Å². The second-order valence-electron chi connectivity index (χ2n) is 3.81. The van der Waals surface area contributed by atoms with Crippen LogP contribution in [0.5, 0.6) is 0 Å². The van der Waals surface area contributed by atoms with Crippen molar-refractivity contribution in [1.82, 2.24) is 9.97 Å². The van der Waals surface area contributed by atoms with E-state index in [1.807, 2.05) is 4.90 Å². The summed E-state index contributed by atoms with van der Waals surface area (Å²) in [6, 6.07) is 0.996. The van der Waals surface area contributed by atoms with Gasteiger partial charge in [0.2, 0.25) is 5.95 Å². The molecule has 1 aliphatic rings. The Morgan fingerprint density at radius 2 is 2.06 bits per heavy atom. The third-order valence-corrected chi connectivity index (χ3v) is 2.60. The molecule has 0 atom stereocenters. The number of nitrogens with zero attached hydrogens (tertiary/aromatic N) is 2. The van der Waals surface area contributed by atoms with Crippen LogP contribution in [0.2, 0.25) is 0 Å². The lowest BCUT2D eigenvalue weighted by atomic mass is 10.1. The zero-order valence-electron chi connectivity index (χ0n) is 8.77. The van der Waals surface area contributed by atoms with E-state index in [9.17, 15) is 9.59 Å². The number of hydrogen-bond donors (Lipinski definition) is 2. The molecule has 1 aromatic rings. The number of aromatic carboxylic acids is 1. The minimum absolute atomic E-state index is 0.204. The predicted molar refractivity (Wildman–Crippen MR) is 57.9 cm³/mol. The molecule has 6 nitrogen and oxygen atoms in total. The van der Waals surface area contributed by atoms with Gasteiger partial charge in [0.1, 0.15) is 0 Å². The maximum absolute atomic E-state index is 11.3. The quantitative estimate of drug-likeness (QED) is 0.760. The summed E-state index contributed by atoms with van der Waals surface area (Å²) in [7, 11) is 0. The van der Waals surface area contributed by atoms with E-state index in [0.29, 0.717) is 5.95 Å². The SMILES string of the molecule is O=C(O)c1cc(=O)[nH]c(N2CCCCC2)n1. The van der Waals surface area contributed by atoms with Crippen molar-refractivity contribution in [2.45, 2.75) is 19.3 Å². The molecule has 16 heavy (non-hydrogen) atoms. The largest absolute Gasteiger partial charge is 0.477 e. The molecule has 0 spiro atoms. The molecule has 1 saturated heterocycles. The Bertz CT molecular complexity index is 449. The van der Waals surface area contributed by atoms with Crippen molar-refractivity contribution in [3.05, 3.63) is 22.1 Å². The lowest BCUT2D eigenvalue weighted by Crippen LogP contribution is -2.33. The normalized spacial score (nSPS) is 16.1. The predicted octanol–water partition coefficient (Wildman–Crippen LogP) is 0.458. The molecule has 0 bridgehead atoms. The van der Waals surface area contributed by atoms with Gasteiger partial charge < -0.3 is 10.0 Å². The zero-order valence-corrected chi connectivity index (χ0v) is 8.77. The molecular weight excluding hydrogens is 210 g/mol. The summed E-state index contributed by atoms with van der Waals surface area (Å²) in [4.78, 5) is 30.4. The van der Waals surface area contributed by atoms with Crippen LogP contribution in [-0.4, -0.2) is 34.1 Å². The highest BCUT2D eigenvalue weighted by Gasteiger charge is 2.15. The number of aromatic nitrogens is 2. The minimum atomic E-state index is -1.18. The van der Waals surface area contributed by atoms with Crippen LogP contribution in [0.3, 0.4) is 0 Å². The second-order valence-corrected chi connectivity index (χ2v) is 3.81. The van der Waals surface area contributed by atoms with E-state index in [0.717, 1.165) is 32.0 Å². The van der Waals surface area contributed by atoms with E-state index in [1.54, 1.807) is 0 Å². The van der Waals surface area contributed by atoms with Gasteiger partial charge in [-0.05, 0) is 19.3 Å². The number of carboxylic acid groups (broad SMARTS) is 1. The fraction of sp³-hybridized carbons (Fsp3) is 0.500. The molecule has 6 heteroatoms. The molecular formula is C10H13N3O3. The molecule has 2 heterocycles. The van der Waals surface area contributed by atoms with Gasteiger partial charge in [-0.1, -0.05) is 0 Å². The third-order valence-electron chi connectivity index (χ3n) is 2.60. The van der Waals surface area contributed by atoms with Gasteiger partial charge in [0, 0.05) is 19.2 Å². The van der Waals surface area contributed by atoms with Gasteiger partial charge in [0.15, 0.2) is 5.69 Å². The lowest BCUT2D eigenvalue weighted by molar-refractivity contribution is 0.0690. The third kappa shape index (κ3) is 2.21. The van der Waals surface area contributed by atoms with Crippen molar-refractivity contribution in [2.75, 3.05) is 18.0 Å². The van der Waals surface area contributed by atoms with Crippen LogP contribution in [0, 0.1) is 0 Å². The summed E-state index contributed by atoms with van der Waals surface area (Å²) in [5, 5.41) is 8.80. The van der Waals surface area contributed by atoms with E-state index < -0.39 is 11.5 Å². The number of nitrogens with one attached hydrogen (secondary N) is 1. The molecule has 0 amide bonds. The first-order chi connectivity index (χ1) is 7.66. The summed E-state index contributed by atoms with van der Waals surface area (Å²) in [6.45, 7) is 1.62. The number of piperidine rings is 1. The standard InChI is InChI=1S/C10H13N3O3/c14-8-6-7(9(15)16)11-10(12-8)13-4-2-1-3-5-13/h6H,1-5H2,(H,15,16)(H,11,12,14). The van der Waals surface area contributed by atoms with Crippen LogP contribution in [-0.2, 0) is 0 Å². The van der Waals surface area contributed by atoms with E-state index >= 15 is 0 Å². The van der Waals surface area contributed by atoms with Crippen LogP contribution in [0.25, 0.3) is 0 Å².